The predicted octanol–water partition coefficient (Wildman–Crippen LogP) is 2.02. The lowest BCUT2D eigenvalue weighted by Gasteiger charge is -2.02. The lowest BCUT2D eigenvalue weighted by Crippen LogP contribution is -1.95. The molecule has 0 unspecified atom stereocenters. The zero-order valence-electron chi connectivity index (χ0n) is 8.52. The minimum Gasteiger partial charge on any atom is -0.504 e. The number of allylic oxidation sites excluding steroid dienone is 1. The molecule has 1 rings (SSSR count). The van der Waals surface area contributed by atoms with Gasteiger partial charge in [-0.15, -0.1) is 0 Å². The van der Waals surface area contributed by atoms with Gasteiger partial charge in [-0.25, -0.2) is 0 Å². The Morgan fingerprint density at radius 1 is 1.27 bits per heavy atom. The first-order valence-corrected chi connectivity index (χ1v) is 4.37. The van der Waals surface area contributed by atoms with Gasteiger partial charge >= 0.3 is 5.97 Å². The fourth-order valence-corrected chi connectivity index (χ4v) is 1.12. The molecule has 1 aromatic carbocycles. The van der Waals surface area contributed by atoms with Gasteiger partial charge in [0.15, 0.2) is 11.5 Å². The predicted molar refractivity (Wildman–Crippen MR) is 55.2 cm³/mol. The Morgan fingerprint density at radius 3 is 2.47 bits per heavy atom. The number of carbonyl (C=O) groups is 1. The lowest BCUT2D eigenvalue weighted by atomic mass is 10.2. The van der Waals surface area contributed by atoms with Crippen molar-refractivity contribution in [1.82, 2.24) is 0 Å². The highest BCUT2D eigenvalue weighted by Crippen LogP contribution is 2.25. The van der Waals surface area contributed by atoms with Gasteiger partial charge in [-0.2, -0.15) is 0 Å². The van der Waals surface area contributed by atoms with Crippen molar-refractivity contribution < 1.29 is 19.7 Å². The number of phenolic OH excluding ortho intramolecular Hbond substituents is 2. The third-order valence-corrected chi connectivity index (χ3v) is 1.67. The van der Waals surface area contributed by atoms with Gasteiger partial charge in [0.1, 0.15) is 5.76 Å². The number of aromatic hydroxyl groups is 2. The second-order valence-electron chi connectivity index (χ2n) is 3.10. The van der Waals surface area contributed by atoms with Gasteiger partial charge in [-0.3, -0.25) is 4.79 Å². The van der Waals surface area contributed by atoms with Crippen LogP contribution in [0.1, 0.15) is 19.4 Å². The molecular weight excluding hydrogens is 196 g/mol. The molecule has 2 N–H and O–H groups in total. The molecule has 0 aliphatic heterocycles. The fraction of sp³-hybridized carbons (Fsp3) is 0.182. The van der Waals surface area contributed by atoms with Gasteiger partial charge < -0.3 is 14.9 Å². The van der Waals surface area contributed by atoms with Crippen LogP contribution in [0.25, 0.3) is 6.08 Å². The van der Waals surface area contributed by atoms with Crippen molar-refractivity contribution in [3.63, 3.8) is 0 Å². The maximum absolute atomic E-state index is 10.6. The molecule has 0 bridgehead atoms. The van der Waals surface area contributed by atoms with E-state index in [9.17, 15) is 9.90 Å². The van der Waals surface area contributed by atoms with E-state index in [0.717, 1.165) is 0 Å². The van der Waals surface area contributed by atoms with Crippen LogP contribution in [-0.2, 0) is 9.53 Å². The number of hydrogen-bond acceptors (Lipinski definition) is 4. The van der Waals surface area contributed by atoms with Crippen molar-refractivity contribution in [3.05, 3.63) is 29.5 Å². The maximum atomic E-state index is 10.6. The first-order valence-electron chi connectivity index (χ1n) is 4.37. The van der Waals surface area contributed by atoms with Crippen LogP contribution in [0.4, 0.5) is 0 Å². The third-order valence-electron chi connectivity index (χ3n) is 1.67. The van der Waals surface area contributed by atoms with Crippen LogP contribution in [0.3, 0.4) is 0 Å². The highest BCUT2D eigenvalue weighted by atomic mass is 16.5. The molecule has 0 fully saturated rings. The summed E-state index contributed by atoms with van der Waals surface area (Å²) in [4.78, 5) is 10.6. The molecule has 4 heteroatoms. The molecule has 0 amide bonds. The average molecular weight is 208 g/mol. The van der Waals surface area contributed by atoms with Gasteiger partial charge in [0.25, 0.3) is 0 Å². The Kier molecular flexibility index (Phi) is 3.33. The normalized spacial score (nSPS) is 11.2. The lowest BCUT2D eigenvalue weighted by molar-refractivity contribution is -0.136. The minimum atomic E-state index is -0.397. The number of phenols is 2. The smallest absolute Gasteiger partial charge is 0.307 e. The first-order chi connectivity index (χ1) is 6.99. The molecule has 15 heavy (non-hydrogen) atoms. The maximum Gasteiger partial charge on any atom is 0.307 e. The van der Waals surface area contributed by atoms with Crippen LogP contribution in [0, 0.1) is 0 Å². The quantitative estimate of drug-likeness (QED) is 0.443. The van der Waals surface area contributed by atoms with Crippen molar-refractivity contribution in [2.75, 3.05) is 0 Å². The van der Waals surface area contributed by atoms with Crippen molar-refractivity contribution in [1.29, 1.82) is 0 Å². The van der Waals surface area contributed by atoms with Crippen LogP contribution >= 0.6 is 0 Å². The molecule has 0 saturated heterocycles. The van der Waals surface area contributed by atoms with E-state index in [2.05, 4.69) is 0 Å². The van der Waals surface area contributed by atoms with E-state index in [0.29, 0.717) is 11.3 Å². The Labute approximate surface area is 87.4 Å². The molecule has 4 nitrogen and oxygen atoms in total. The largest absolute Gasteiger partial charge is 0.504 e. The summed E-state index contributed by atoms with van der Waals surface area (Å²) < 4.78 is 4.80. The molecule has 0 aliphatic carbocycles. The Balaban J connectivity index is 2.88. The van der Waals surface area contributed by atoms with Crippen LogP contribution in [0.2, 0.25) is 0 Å². The zero-order valence-corrected chi connectivity index (χ0v) is 8.52. The average Bonchev–Trinajstić information content (AvgIpc) is 2.10. The van der Waals surface area contributed by atoms with Crippen LogP contribution in [-0.4, -0.2) is 16.2 Å². The van der Waals surface area contributed by atoms with E-state index in [4.69, 9.17) is 9.84 Å². The highest BCUT2D eigenvalue weighted by molar-refractivity contribution is 5.69. The number of esters is 1. The van der Waals surface area contributed by atoms with Crippen molar-refractivity contribution in [2.24, 2.45) is 0 Å². The summed E-state index contributed by atoms with van der Waals surface area (Å²) in [5.41, 5.74) is 0.643. The standard InChI is InChI=1S/C11H12O4/c1-7(15-8(2)12)5-9-3-4-10(13)11(14)6-9/h3-6,13-14H,1-2H3. The highest BCUT2D eigenvalue weighted by Gasteiger charge is 2.00. The first kappa shape index (κ1) is 11.1. The second-order valence-corrected chi connectivity index (χ2v) is 3.10. The van der Waals surface area contributed by atoms with Crippen molar-refractivity contribution in [2.45, 2.75) is 13.8 Å². The second kappa shape index (κ2) is 4.50. The third kappa shape index (κ3) is 3.34. The SMILES string of the molecule is CC(=O)OC(C)=Cc1ccc(O)c(O)c1. The van der Waals surface area contributed by atoms with E-state index in [1.165, 1.54) is 19.1 Å². The van der Waals surface area contributed by atoms with E-state index in [-0.39, 0.29) is 11.5 Å². The molecular formula is C11H12O4. The number of rotatable bonds is 2. The van der Waals surface area contributed by atoms with Gasteiger partial charge in [-0.05, 0) is 30.7 Å². The minimum absolute atomic E-state index is 0.183. The summed E-state index contributed by atoms with van der Waals surface area (Å²) in [7, 11) is 0. The van der Waals surface area contributed by atoms with Gasteiger partial charge in [0.2, 0.25) is 0 Å². The number of carbonyl (C=O) groups excluding carboxylic acids is 1. The van der Waals surface area contributed by atoms with E-state index >= 15 is 0 Å². The molecule has 1 aromatic rings. The van der Waals surface area contributed by atoms with E-state index in [1.54, 1.807) is 19.1 Å². The molecule has 0 heterocycles. The monoisotopic (exact) mass is 208 g/mol. The zero-order chi connectivity index (χ0) is 11.4. The van der Waals surface area contributed by atoms with E-state index in [1.807, 2.05) is 0 Å². The molecule has 0 radical (unpaired) electrons. The summed E-state index contributed by atoms with van der Waals surface area (Å²) in [5.74, 6) is -0.365. The topological polar surface area (TPSA) is 66.8 Å². The summed E-state index contributed by atoms with van der Waals surface area (Å²) in [6.07, 6.45) is 1.58. The molecule has 0 spiro atoms. The van der Waals surface area contributed by atoms with Gasteiger partial charge in [0, 0.05) is 6.92 Å². The number of benzene rings is 1. The molecule has 0 aliphatic rings. The van der Waals surface area contributed by atoms with Crippen LogP contribution in [0.5, 0.6) is 11.5 Å². The summed E-state index contributed by atoms with van der Waals surface area (Å²) in [6, 6.07) is 4.34. The summed E-state index contributed by atoms with van der Waals surface area (Å²) >= 11 is 0. The Bertz CT molecular complexity index is 407. The van der Waals surface area contributed by atoms with Crippen LogP contribution in [0.15, 0.2) is 24.0 Å². The summed E-state index contributed by atoms with van der Waals surface area (Å²) in [5, 5.41) is 18.3. The number of hydrogen-bond donors (Lipinski definition) is 2. The van der Waals surface area contributed by atoms with Gasteiger partial charge in [-0.1, -0.05) is 6.07 Å². The Hall–Kier alpha value is -1.97. The van der Waals surface area contributed by atoms with Crippen molar-refractivity contribution in [3.8, 4) is 11.5 Å². The van der Waals surface area contributed by atoms with Crippen molar-refractivity contribution >= 4 is 12.0 Å². The molecule has 80 valence electrons. The molecule has 0 aromatic heterocycles. The summed E-state index contributed by atoms with van der Waals surface area (Å²) in [6.45, 7) is 2.94. The van der Waals surface area contributed by atoms with Gasteiger partial charge in [0.05, 0.1) is 0 Å². The van der Waals surface area contributed by atoms with E-state index < -0.39 is 5.97 Å². The number of ether oxygens (including phenoxy) is 1. The molecule has 0 saturated carbocycles. The molecule has 0 atom stereocenters. The Morgan fingerprint density at radius 2 is 1.93 bits per heavy atom. The van der Waals surface area contributed by atoms with Crippen LogP contribution < -0.4 is 0 Å². The fourth-order valence-electron chi connectivity index (χ4n) is 1.12.